The molecule has 0 aromatic heterocycles. The molecule has 1 saturated heterocycles. The molecule has 1 aromatic rings. The number of aliphatic hydroxyl groups excluding tert-OH is 2. The Kier molecular flexibility index (Phi) is 7.74. The van der Waals surface area contributed by atoms with Crippen LogP contribution in [0.4, 0.5) is 10.5 Å². The van der Waals surface area contributed by atoms with E-state index in [4.69, 9.17) is 9.47 Å². The van der Waals surface area contributed by atoms with Crippen molar-refractivity contribution in [3.05, 3.63) is 29.8 Å². The minimum absolute atomic E-state index is 0.0109. The van der Waals surface area contributed by atoms with Crippen molar-refractivity contribution in [2.75, 3.05) is 38.2 Å². The molecule has 1 heterocycles. The maximum atomic E-state index is 13.1. The molecule has 1 aromatic carbocycles. The lowest BCUT2D eigenvalue weighted by molar-refractivity contribution is -0.187. The van der Waals surface area contributed by atoms with Gasteiger partial charge in [0.15, 0.2) is 0 Å². The van der Waals surface area contributed by atoms with Crippen molar-refractivity contribution in [2.45, 2.75) is 65.1 Å². The Morgan fingerprint density at radius 1 is 1.14 bits per heavy atom. The predicted molar refractivity (Wildman–Crippen MR) is 132 cm³/mol. The van der Waals surface area contributed by atoms with E-state index >= 15 is 0 Å². The zero-order chi connectivity index (χ0) is 25.2. The number of fused-ring (bicyclic) bond motifs is 1. The summed E-state index contributed by atoms with van der Waals surface area (Å²) < 4.78 is 11.3. The van der Waals surface area contributed by atoms with Crippen molar-refractivity contribution in [2.24, 2.45) is 22.7 Å². The van der Waals surface area contributed by atoms with Crippen LogP contribution in [-0.2, 0) is 14.3 Å². The second kappa shape index (κ2) is 10.4. The molecular formula is C27H40N2O6. The normalized spacial score (nSPS) is 35.2. The molecule has 1 aliphatic heterocycles. The van der Waals surface area contributed by atoms with Crippen LogP contribution in [0.15, 0.2) is 24.3 Å². The first-order chi connectivity index (χ1) is 16.7. The Hall–Kier alpha value is -2.16. The van der Waals surface area contributed by atoms with Gasteiger partial charge in [-0.3, -0.25) is 10.1 Å². The van der Waals surface area contributed by atoms with Gasteiger partial charge in [-0.05, 0) is 62.0 Å². The fraction of sp³-hybridized carbons (Fsp3) is 0.704. The molecule has 0 unspecified atom stereocenters. The lowest BCUT2D eigenvalue weighted by atomic mass is 9.46. The summed E-state index contributed by atoms with van der Waals surface area (Å²) >= 11 is 0. The lowest BCUT2D eigenvalue weighted by Gasteiger charge is -2.60. The van der Waals surface area contributed by atoms with Gasteiger partial charge >= 0.3 is 6.09 Å². The summed E-state index contributed by atoms with van der Waals surface area (Å²) in [5, 5.41) is 24.4. The molecule has 2 aliphatic carbocycles. The highest BCUT2D eigenvalue weighted by molar-refractivity contribution is 5.84. The van der Waals surface area contributed by atoms with E-state index in [1.807, 2.05) is 43.0 Å². The number of benzene rings is 1. The van der Waals surface area contributed by atoms with E-state index in [1.165, 1.54) is 0 Å². The summed E-state index contributed by atoms with van der Waals surface area (Å²) in [6.45, 7) is 8.25. The van der Waals surface area contributed by atoms with Crippen LogP contribution < -0.4 is 5.32 Å². The number of aryl methyl sites for hydroxylation is 1. The molecule has 8 nitrogen and oxygen atoms in total. The molecule has 6 atom stereocenters. The Morgan fingerprint density at radius 2 is 1.83 bits per heavy atom. The molecule has 0 radical (unpaired) electrons. The van der Waals surface area contributed by atoms with Crippen LogP contribution >= 0.6 is 0 Å². The predicted octanol–water partition coefficient (Wildman–Crippen LogP) is 3.35. The van der Waals surface area contributed by atoms with Crippen molar-refractivity contribution in [1.82, 2.24) is 4.90 Å². The zero-order valence-corrected chi connectivity index (χ0v) is 21.2. The highest BCUT2D eigenvalue weighted by Crippen LogP contribution is 2.61. The van der Waals surface area contributed by atoms with E-state index in [0.29, 0.717) is 51.3 Å². The van der Waals surface area contributed by atoms with E-state index in [-0.39, 0.29) is 36.2 Å². The zero-order valence-electron chi connectivity index (χ0n) is 21.2. The van der Waals surface area contributed by atoms with Gasteiger partial charge in [-0.2, -0.15) is 0 Å². The number of hydrogen-bond acceptors (Lipinski definition) is 6. The second-order valence-electron chi connectivity index (χ2n) is 11.1. The summed E-state index contributed by atoms with van der Waals surface area (Å²) in [5.41, 5.74) is 0.751. The molecule has 2 amide bonds. The van der Waals surface area contributed by atoms with Gasteiger partial charge in [-0.1, -0.05) is 31.5 Å². The molecule has 2 saturated carbocycles. The van der Waals surface area contributed by atoms with Gasteiger partial charge in [0, 0.05) is 30.6 Å². The number of ether oxygens (including phenoxy) is 2. The van der Waals surface area contributed by atoms with Crippen molar-refractivity contribution in [3.8, 4) is 0 Å². The molecule has 0 bridgehead atoms. The van der Waals surface area contributed by atoms with Gasteiger partial charge in [0.1, 0.15) is 6.10 Å². The Morgan fingerprint density at radius 3 is 2.49 bits per heavy atom. The van der Waals surface area contributed by atoms with E-state index < -0.39 is 23.7 Å². The average Bonchev–Trinajstić information content (AvgIpc) is 2.85. The number of aliphatic hydroxyl groups is 2. The van der Waals surface area contributed by atoms with E-state index in [1.54, 1.807) is 0 Å². The largest absolute Gasteiger partial charge is 0.445 e. The highest BCUT2D eigenvalue weighted by Gasteiger charge is 2.60. The third-order valence-corrected chi connectivity index (χ3v) is 8.98. The highest BCUT2D eigenvalue weighted by atomic mass is 16.6. The van der Waals surface area contributed by atoms with Crippen LogP contribution in [0.25, 0.3) is 0 Å². The number of carbonyl (C=O) groups is 2. The number of nitrogens with one attached hydrogen (secondary N) is 1. The van der Waals surface area contributed by atoms with Crippen molar-refractivity contribution in [3.63, 3.8) is 0 Å². The number of nitrogens with zero attached hydrogens (tertiary/aromatic N) is 1. The van der Waals surface area contributed by atoms with Crippen LogP contribution in [-0.4, -0.2) is 72.2 Å². The molecule has 8 heteroatoms. The van der Waals surface area contributed by atoms with E-state index in [0.717, 1.165) is 12.0 Å². The average molecular weight is 489 g/mol. The van der Waals surface area contributed by atoms with E-state index in [9.17, 15) is 19.8 Å². The SMILES string of the molecule is Cc1ccc(NC(=O)O[C@@H]2CC[C@]3(C)[C@@H](CC[C@@H](O)[C@H]3CC(=O)N3CCOCC3)[C@]2(C)CO)cc1. The van der Waals surface area contributed by atoms with Crippen LogP contribution in [0.1, 0.15) is 51.5 Å². The molecule has 4 rings (SSSR count). The fourth-order valence-electron chi connectivity index (χ4n) is 6.82. The van der Waals surface area contributed by atoms with Crippen molar-refractivity contribution < 1.29 is 29.3 Å². The van der Waals surface area contributed by atoms with Crippen LogP contribution in [0.3, 0.4) is 0 Å². The van der Waals surface area contributed by atoms with Crippen LogP contribution in [0.5, 0.6) is 0 Å². The van der Waals surface area contributed by atoms with Gasteiger partial charge in [0.2, 0.25) is 5.91 Å². The van der Waals surface area contributed by atoms with Gasteiger partial charge in [-0.25, -0.2) is 4.79 Å². The van der Waals surface area contributed by atoms with E-state index in [2.05, 4.69) is 12.2 Å². The topological polar surface area (TPSA) is 108 Å². The van der Waals surface area contributed by atoms with Gasteiger partial charge in [-0.15, -0.1) is 0 Å². The first kappa shape index (κ1) is 25.9. The lowest BCUT2D eigenvalue weighted by Crippen LogP contribution is -2.61. The molecule has 3 N–H and O–H groups in total. The monoisotopic (exact) mass is 488 g/mol. The number of rotatable bonds is 5. The Labute approximate surface area is 208 Å². The summed E-state index contributed by atoms with van der Waals surface area (Å²) in [7, 11) is 0. The number of morpholine rings is 1. The molecule has 0 spiro atoms. The first-order valence-corrected chi connectivity index (χ1v) is 12.9. The number of anilines is 1. The quantitative estimate of drug-likeness (QED) is 0.587. The summed E-state index contributed by atoms with van der Waals surface area (Å²) in [5.74, 6) is -0.137. The molecule has 194 valence electrons. The third-order valence-electron chi connectivity index (χ3n) is 8.98. The second-order valence-corrected chi connectivity index (χ2v) is 11.1. The summed E-state index contributed by atoms with van der Waals surface area (Å²) in [6.07, 6.45) is 1.31. The molecular weight excluding hydrogens is 448 g/mol. The fourth-order valence-corrected chi connectivity index (χ4v) is 6.82. The molecule has 3 aliphatic rings. The minimum Gasteiger partial charge on any atom is -0.445 e. The van der Waals surface area contributed by atoms with Gasteiger partial charge in [0.25, 0.3) is 0 Å². The standard InChI is InChI=1S/C27H40N2O6/c1-18-4-6-19(7-5-18)28-25(33)35-23-10-11-26(2)20(16-24(32)29-12-14-34-15-13-29)21(31)8-9-22(26)27(23,3)17-30/h4-7,20-23,30-31H,8-17H2,1-3H3,(H,28,33)/t20-,21-,22-,23-,26+,27+/m1/s1. The molecule has 35 heavy (non-hydrogen) atoms. The first-order valence-electron chi connectivity index (χ1n) is 12.9. The van der Waals surface area contributed by atoms with Crippen molar-refractivity contribution >= 4 is 17.7 Å². The molecule has 3 fully saturated rings. The summed E-state index contributed by atoms with van der Waals surface area (Å²) in [6, 6.07) is 7.51. The number of carbonyl (C=O) groups excluding carboxylic acids is 2. The van der Waals surface area contributed by atoms with Crippen LogP contribution in [0, 0.1) is 29.6 Å². The summed E-state index contributed by atoms with van der Waals surface area (Å²) in [4.78, 5) is 27.7. The Balaban J connectivity index is 1.48. The maximum Gasteiger partial charge on any atom is 0.411 e. The number of hydrogen-bond donors (Lipinski definition) is 3. The van der Waals surface area contributed by atoms with Gasteiger partial charge < -0.3 is 24.6 Å². The Bertz CT molecular complexity index is 901. The number of amides is 2. The third kappa shape index (κ3) is 5.20. The smallest absolute Gasteiger partial charge is 0.411 e. The van der Waals surface area contributed by atoms with Gasteiger partial charge in [0.05, 0.1) is 25.9 Å². The maximum absolute atomic E-state index is 13.1. The van der Waals surface area contributed by atoms with Crippen LogP contribution in [0.2, 0.25) is 0 Å². The minimum atomic E-state index is -0.669. The van der Waals surface area contributed by atoms with Crippen molar-refractivity contribution in [1.29, 1.82) is 0 Å².